The zero-order chi connectivity index (χ0) is 13.9. The molecule has 0 aliphatic carbocycles. The number of carbonyl (C=O) groups excluding carboxylic acids is 1. The van der Waals surface area contributed by atoms with Crippen LogP contribution in [0.3, 0.4) is 0 Å². The van der Waals surface area contributed by atoms with Crippen molar-refractivity contribution in [3.05, 3.63) is 12.7 Å². The number of aromatic nitrogens is 4. The van der Waals surface area contributed by atoms with E-state index < -0.39 is 11.5 Å². The Morgan fingerprint density at radius 3 is 3.05 bits per heavy atom. The molecule has 0 aliphatic rings. The van der Waals surface area contributed by atoms with E-state index in [-0.39, 0.29) is 0 Å². The lowest BCUT2D eigenvalue weighted by Crippen LogP contribution is -2.48. The van der Waals surface area contributed by atoms with Crippen molar-refractivity contribution in [2.45, 2.75) is 24.4 Å². The summed E-state index contributed by atoms with van der Waals surface area (Å²) >= 11 is 1.37. The summed E-state index contributed by atoms with van der Waals surface area (Å²) in [6.45, 7) is 3.71. The normalized spacial score (nSPS) is 14.3. The highest BCUT2D eigenvalue weighted by atomic mass is 32.2. The van der Waals surface area contributed by atoms with Crippen molar-refractivity contribution in [1.82, 2.24) is 19.9 Å². The summed E-state index contributed by atoms with van der Waals surface area (Å²) in [5.74, 6) is -0.0610. The number of fused-ring (bicyclic) bond motifs is 1. The average Bonchev–Trinajstić information content (AvgIpc) is 2.85. The molecule has 0 saturated heterocycles. The minimum Gasteiger partial charge on any atom is -0.465 e. The topological polar surface area (TPSA) is 107 Å². The number of rotatable bonds is 5. The van der Waals surface area contributed by atoms with Crippen LogP contribution in [0.1, 0.15) is 13.8 Å². The van der Waals surface area contributed by atoms with Crippen LogP contribution in [0.4, 0.5) is 0 Å². The number of aromatic amines is 1. The molecule has 102 valence electrons. The Hall–Kier alpha value is -1.67. The molecular weight excluding hydrogens is 266 g/mol. The van der Waals surface area contributed by atoms with Crippen LogP contribution in [0.25, 0.3) is 11.2 Å². The molecule has 0 aromatic carbocycles. The third-order valence-electron chi connectivity index (χ3n) is 2.44. The van der Waals surface area contributed by atoms with Crippen LogP contribution >= 0.6 is 11.8 Å². The second-order valence-corrected chi connectivity index (χ2v) is 5.17. The van der Waals surface area contributed by atoms with Gasteiger partial charge in [-0.2, -0.15) is 0 Å². The molecule has 0 radical (unpaired) electrons. The van der Waals surface area contributed by atoms with E-state index in [2.05, 4.69) is 19.9 Å². The third-order valence-corrected chi connectivity index (χ3v) is 3.77. The Labute approximate surface area is 114 Å². The van der Waals surface area contributed by atoms with Gasteiger partial charge in [-0.3, -0.25) is 4.79 Å². The Morgan fingerprint density at radius 2 is 2.32 bits per heavy atom. The molecule has 0 saturated carbocycles. The zero-order valence-corrected chi connectivity index (χ0v) is 11.5. The van der Waals surface area contributed by atoms with Crippen molar-refractivity contribution in [3.63, 3.8) is 0 Å². The van der Waals surface area contributed by atoms with Crippen molar-refractivity contribution in [1.29, 1.82) is 0 Å². The number of hydrogen-bond donors (Lipinski definition) is 2. The monoisotopic (exact) mass is 281 g/mol. The summed E-state index contributed by atoms with van der Waals surface area (Å²) in [4.78, 5) is 26.9. The number of imidazole rings is 1. The van der Waals surface area contributed by atoms with E-state index in [1.165, 1.54) is 18.1 Å². The van der Waals surface area contributed by atoms with Gasteiger partial charge in [0.25, 0.3) is 0 Å². The lowest BCUT2D eigenvalue weighted by molar-refractivity contribution is -0.148. The number of nitrogens with one attached hydrogen (secondary N) is 1. The highest BCUT2D eigenvalue weighted by Gasteiger charge is 2.30. The Balaban J connectivity index is 2.10. The summed E-state index contributed by atoms with van der Waals surface area (Å²) < 4.78 is 4.94. The first-order valence-corrected chi connectivity index (χ1v) is 6.76. The van der Waals surface area contributed by atoms with Gasteiger partial charge in [-0.1, -0.05) is 0 Å². The SMILES string of the molecule is CCOC(=O)C(C)(N)CSc1ncnc2nc[nH]c12. The van der Waals surface area contributed by atoms with Gasteiger partial charge in [-0.05, 0) is 13.8 Å². The van der Waals surface area contributed by atoms with Gasteiger partial charge < -0.3 is 15.5 Å². The smallest absolute Gasteiger partial charge is 0.326 e. The first-order valence-electron chi connectivity index (χ1n) is 5.77. The first kappa shape index (κ1) is 13.8. The second-order valence-electron chi connectivity index (χ2n) is 4.21. The molecule has 0 amide bonds. The number of nitrogens with zero attached hydrogens (tertiary/aromatic N) is 3. The average molecular weight is 281 g/mol. The zero-order valence-electron chi connectivity index (χ0n) is 10.7. The van der Waals surface area contributed by atoms with Crippen molar-refractivity contribution >= 4 is 28.9 Å². The largest absolute Gasteiger partial charge is 0.465 e. The maximum absolute atomic E-state index is 11.7. The van der Waals surface area contributed by atoms with E-state index in [1.54, 1.807) is 20.2 Å². The number of hydrogen-bond acceptors (Lipinski definition) is 7. The van der Waals surface area contributed by atoms with E-state index in [4.69, 9.17) is 10.5 Å². The van der Waals surface area contributed by atoms with E-state index in [0.717, 1.165) is 5.52 Å². The number of thioether (sulfide) groups is 1. The standard InChI is InChI=1S/C11H15N5O2S/c1-3-18-10(17)11(2,12)4-19-9-7-8(14-5-13-7)15-6-16-9/h5-6H,3-4,12H2,1-2H3,(H,13,14,15,16). The van der Waals surface area contributed by atoms with Gasteiger partial charge in [0, 0.05) is 5.75 Å². The highest BCUT2D eigenvalue weighted by molar-refractivity contribution is 7.99. The second kappa shape index (κ2) is 5.54. The molecule has 3 N–H and O–H groups in total. The number of ether oxygens (including phenoxy) is 1. The van der Waals surface area contributed by atoms with Crippen LogP contribution in [0.5, 0.6) is 0 Å². The molecule has 1 atom stereocenters. The lowest BCUT2D eigenvalue weighted by Gasteiger charge is -2.21. The number of H-pyrrole nitrogens is 1. The van der Waals surface area contributed by atoms with Crippen LogP contribution < -0.4 is 5.73 Å². The molecule has 2 rings (SSSR count). The predicted molar refractivity (Wildman–Crippen MR) is 71.6 cm³/mol. The molecule has 19 heavy (non-hydrogen) atoms. The summed E-state index contributed by atoms with van der Waals surface area (Å²) in [7, 11) is 0. The van der Waals surface area contributed by atoms with Crippen LogP contribution in [0.2, 0.25) is 0 Å². The molecule has 0 aliphatic heterocycles. The quantitative estimate of drug-likeness (QED) is 0.472. The van der Waals surface area contributed by atoms with E-state index >= 15 is 0 Å². The van der Waals surface area contributed by atoms with Crippen molar-refractivity contribution in [2.75, 3.05) is 12.4 Å². The minimum atomic E-state index is -1.06. The van der Waals surface area contributed by atoms with Gasteiger partial charge >= 0.3 is 5.97 Å². The summed E-state index contributed by atoms with van der Waals surface area (Å²) in [5, 5.41) is 0.712. The molecule has 0 spiro atoms. The van der Waals surface area contributed by atoms with Gasteiger partial charge in [-0.15, -0.1) is 11.8 Å². The Kier molecular flexibility index (Phi) is 4.01. The molecule has 2 aromatic heterocycles. The first-order chi connectivity index (χ1) is 9.04. The van der Waals surface area contributed by atoms with Crippen LogP contribution in [-0.2, 0) is 9.53 Å². The summed E-state index contributed by atoms with van der Waals surface area (Å²) in [6.07, 6.45) is 2.99. The van der Waals surface area contributed by atoms with Gasteiger partial charge in [0.2, 0.25) is 0 Å². The number of carbonyl (C=O) groups is 1. The molecule has 1 unspecified atom stereocenters. The van der Waals surface area contributed by atoms with Crippen molar-refractivity contribution in [3.8, 4) is 0 Å². The van der Waals surface area contributed by atoms with Gasteiger partial charge in [0.05, 0.1) is 12.9 Å². The van der Waals surface area contributed by atoms with Crippen LogP contribution in [0, 0.1) is 0 Å². The van der Waals surface area contributed by atoms with E-state index in [1.807, 2.05) is 0 Å². The fourth-order valence-corrected chi connectivity index (χ4v) is 2.40. The van der Waals surface area contributed by atoms with E-state index in [0.29, 0.717) is 23.0 Å². The predicted octanol–water partition coefficient (Wildman–Crippen LogP) is 0.725. The maximum atomic E-state index is 11.7. The Morgan fingerprint density at radius 1 is 1.53 bits per heavy atom. The van der Waals surface area contributed by atoms with Crippen LogP contribution in [0.15, 0.2) is 17.7 Å². The van der Waals surface area contributed by atoms with Gasteiger partial charge in [0.15, 0.2) is 5.65 Å². The van der Waals surface area contributed by atoms with Gasteiger partial charge in [-0.25, -0.2) is 15.0 Å². The fraction of sp³-hybridized carbons (Fsp3) is 0.455. The van der Waals surface area contributed by atoms with Crippen molar-refractivity contribution < 1.29 is 9.53 Å². The molecular formula is C11H15N5O2S. The maximum Gasteiger partial charge on any atom is 0.326 e. The molecule has 2 aromatic rings. The molecule has 0 fully saturated rings. The van der Waals surface area contributed by atoms with Crippen LogP contribution in [-0.4, -0.2) is 43.8 Å². The Bertz CT molecular complexity index is 583. The van der Waals surface area contributed by atoms with Crippen molar-refractivity contribution in [2.24, 2.45) is 5.73 Å². The molecule has 2 heterocycles. The minimum absolute atomic E-state index is 0.314. The molecule has 8 heteroatoms. The fourth-order valence-electron chi connectivity index (χ4n) is 1.43. The number of esters is 1. The highest BCUT2D eigenvalue weighted by Crippen LogP contribution is 2.24. The molecule has 7 nitrogen and oxygen atoms in total. The lowest BCUT2D eigenvalue weighted by atomic mass is 10.1. The van der Waals surface area contributed by atoms with Gasteiger partial charge in [0.1, 0.15) is 22.4 Å². The third kappa shape index (κ3) is 3.02. The number of nitrogens with two attached hydrogens (primary N) is 1. The summed E-state index contributed by atoms with van der Waals surface area (Å²) in [6, 6.07) is 0. The summed E-state index contributed by atoms with van der Waals surface area (Å²) in [5.41, 5.74) is 6.22. The van der Waals surface area contributed by atoms with E-state index in [9.17, 15) is 4.79 Å². The molecule has 0 bridgehead atoms.